The Labute approximate surface area is 187 Å². The molecule has 5 nitrogen and oxygen atoms in total. The fourth-order valence-corrected chi connectivity index (χ4v) is 7.69. The van der Waals surface area contributed by atoms with Crippen molar-refractivity contribution in [1.29, 1.82) is 0 Å². The number of anilines is 1. The molecule has 2 N–H and O–H groups in total. The molecule has 1 aromatic rings. The number of aliphatic hydroxyl groups excluding tert-OH is 1. The molecule has 6 rings (SSSR count). The first-order valence-corrected chi connectivity index (χ1v) is 11.8. The quantitative estimate of drug-likeness (QED) is 0.671. The number of carbonyl (C=O) groups excluding carboxylic acids is 2. The van der Waals surface area contributed by atoms with Gasteiger partial charge >= 0.3 is 0 Å². The standard InChI is InChI=1S/C23H28Cl2N2O3/c1-12(11-28)27-10-16-20(22(27)30)17(24)5-18(25)21(16)26-19(29)9-23-6-13-2-14(7-23)4-15(3-13)8-23/h5,12-15,28H,2-4,6-11H2,1H3,(H,26,29)/t12-,13?,14?,15?,23?/m1/s1. The second-order valence-corrected chi connectivity index (χ2v) is 11.0. The van der Waals surface area contributed by atoms with E-state index in [1.54, 1.807) is 11.8 Å². The van der Waals surface area contributed by atoms with Crippen LogP contribution in [0.4, 0.5) is 5.69 Å². The maximum Gasteiger partial charge on any atom is 0.256 e. The van der Waals surface area contributed by atoms with Gasteiger partial charge < -0.3 is 15.3 Å². The SMILES string of the molecule is C[C@H](CO)N1Cc2c(NC(=O)CC34CC5CC(CC(C5)C3)C4)c(Cl)cc(Cl)c2C1=O. The molecule has 4 aliphatic carbocycles. The molecule has 0 spiro atoms. The first-order chi connectivity index (χ1) is 14.3. The molecule has 0 saturated heterocycles. The van der Waals surface area contributed by atoms with Gasteiger partial charge in [0.25, 0.3) is 5.91 Å². The smallest absolute Gasteiger partial charge is 0.256 e. The molecule has 7 heteroatoms. The largest absolute Gasteiger partial charge is 0.394 e. The van der Waals surface area contributed by atoms with Crippen LogP contribution in [-0.2, 0) is 11.3 Å². The van der Waals surface area contributed by atoms with Crippen molar-refractivity contribution >= 4 is 40.7 Å². The van der Waals surface area contributed by atoms with Crippen LogP contribution in [0.3, 0.4) is 0 Å². The molecule has 162 valence electrons. The first-order valence-electron chi connectivity index (χ1n) is 11.0. The summed E-state index contributed by atoms with van der Waals surface area (Å²) in [6.45, 7) is 1.92. The number of rotatable bonds is 5. The Morgan fingerprint density at radius 1 is 1.20 bits per heavy atom. The third-order valence-corrected chi connectivity index (χ3v) is 8.50. The summed E-state index contributed by atoms with van der Waals surface area (Å²) in [5.41, 5.74) is 1.66. The summed E-state index contributed by atoms with van der Waals surface area (Å²) in [6.07, 6.45) is 8.06. The maximum atomic E-state index is 13.1. The third-order valence-electron chi connectivity index (χ3n) is 7.90. The molecule has 4 saturated carbocycles. The molecule has 4 fully saturated rings. The van der Waals surface area contributed by atoms with E-state index in [0.717, 1.165) is 17.8 Å². The number of nitrogens with zero attached hydrogens (tertiary/aromatic N) is 1. The molecule has 0 aromatic heterocycles. The molecule has 4 bridgehead atoms. The second kappa shape index (κ2) is 7.39. The lowest BCUT2D eigenvalue weighted by Gasteiger charge is -2.56. The van der Waals surface area contributed by atoms with Gasteiger partial charge in [0.15, 0.2) is 0 Å². The van der Waals surface area contributed by atoms with E-state index < -0.39 is 0 Å². The molecule has 5 aliphatic rings. The van der Waals surface area contributed by atoms with Gasteiger partial charge in [-0.3, -0.25) is 9.59 Å². The molecule has 0 radical (unpaired) electrons. The molecule has 1 aliphatic heterocycles. The number of benzene rings is 1. The van der Waals surface area contributed by atoms with Gasteiger partial charge in [0, 0.05) is 18.5 Å². The zero-order valence-electron chi connectivity index (χ0n) is 17.2. The summed E-state index contributed by atoms with van der Waals surface area (Å²) in [6, 6.07) is 1.20. The van der Waals surface area contributed by atoms with Crippen molar-refractivity contribution in [3.8, 4) is 0 Å². The van der Waals surface area contributed by atoms with E-state index in [4.69, 9.17) is 23.2 Å². The lowest BCUT2D eigenvalue weighted by molar-refractivity contribution is -0.124. The van der Waals surface area contributed by atoms with E-state index in [1.807, 2.05) is 0 Å². The maximum absolute atomic E-state index is 13.1. The van der Waals surface area contributed by atoms with Crippen molar-refractivity contribution in [2.24, 2.45) is 23.2 Å². The van der Waals surface area contributed by atoms with Gasteiger partial charge in [-0.05, 0) is 74.7 Å². The lowest BCUT2D eigenvalue weighted by atomic mass is 9.49. The van der Waals surface area contributed by atoms with E-state index >= 15 is 0 Å². The van der Waals surface area contributed by atoms with Gasteiger partial charge in [-0.2, -0.15) is 0 Å². The van der Waals surface area contributed by atoms with Gasteiger partial charge in [-0.25, -0.2) is 0 Å². The molecular formula is C23H28Cl2N2O3. The molecular weight excluding hydrogens is 423 g/mol. The Kier molecular flexibility index (Phi) is 5.07. The molecule has 0 unspecified atom stereocenters. The van der Waals surface area contributed by atoms with E-state index in [-0.39, 0.29) is 41.4 Å². The topological polar surface area (TPSA) is 69.6 Å². The van der Waals surface area contributed by atoms with Crippen molar-refractivity contribution in [3.63, 3.8) is 0 Å². The van der Waals surface area contributed by atoms with Crippen molar-refractivity contribution in [1.82, 2.24) is 4.90 Å². The van der Waals surface area contributed by atoms with Crippen LogP contribution < -0.4 is 5.32 Å². The van der Waals surface area contributed by atoms with Crippen LogP contribution in [0.5, 0.6) is 0 Å². The van der Waals surface area contributed by atoms with Crippen LogP contribution in [0.25, 0.3) is 0 Å². The fourth-order valence-electron chi connectivity index (χ4n) is 7.06. The highest BCUT2D eigenvalue weighted by molar-refractivity contribution is 6.39. The Bertz CT molecular complexity index is 881. The summed E-state index contributed by atoms with van der Waals surface area (Å²) in [5.74, 6) is 2.12. The predicted molar refractivity (Wildman–Crippen MR) is 117 cm³/mol. The third kappa shape index (κ3) is 3.34. The average molecular weight is 451 g/mol. The molecule has 2 amide bonds. The van der Waals surface area contributed by atoms with E-state index in [2.05, 4.69) is 5.32 Å². The van der Waals surface area contributed by atoms with Crippen molar-refractivity contribution in [2.45, 2.75) is 64.5 Å². The Morgan fingerprint density at radius 3 is 2.37 bits per heavy atom. The Balaban J connectivity index is 1.38. The van der Waals surface area contributed by atoms with Crippen LogP contribution in [0.1, 0.15) is 67.8 Å². The molecule has 1 aromatic carbocycles. The minimum Gasteiger partial charge on any atom is -0.394 e. The van der Waals surface area contributed by atoms with E-state index in [9.17, 15) is 14.7 Å². The zero-order chi connectivity index (χ0) is 21.2. The Hall–Kier alpha value is -1.30. The number of hydrogen-bond donors (Lipinski definition) is 2. The summed E-state index contributed by atoms with van der Waals surface area (Å²) in [7, 11) is 0. The molecule has 1 heterocycles. The summed E-state index contributed by atoms with van der Waals surface area (Å²) >= 11 is 12.8. The number of fused-ring (bicyclic) bond motifs is 1. The number of halogens is 2. The van der Waals surface area contributed by atoms with Crippen LogP contribution in [0, 0.1) is 23.2 Å². The van der Waals surface area contributed by atoms with Gasteiger partial charge in [0.05, 0.1) is 33.9 Å². The van der Waals surface area contributed by atoms with Crippen LogP contribution in [-0.4, -0.2) is 34.5 Å². The van der Waals surface area contributed by atoms with Crippen LogP contribution >= 0.6 is 23.2 Å². The Morgan fingerprint density at radius 2 is 1.80 bits per heavy atom. The summed E-state index contributed by atoms with van der Waals surface area (Å²) < 4.78 is 0. The summed E-state index contributed by atoms with van der Waals surface area (Å²) in [4.78, 5) is 27.6. The van der Waals surface area contributed by atoms with Gasteiger partial charge in [0.2, 0.25) is 5.91 Å². The van der Waals surface area contributed by atoms with Crippen molar-refractivity contribution in [2.75, 3.05) is 11.9 Å². The van der Waals surface area contributed by atoms with Crippen LogP contribution in [0.15, 0.2) is 6.07 Å². The number of aliphatic hydroxyl groups is 1. The summed E-state index contributed by atoms with van der Waals surface area (Å²) in [5, 5.41) is 13.2. The number of hydrogen-bond acceptors (Lipinski definition) is 3. The van der Waals surface area contributed by atoms with E-state index in [1.165, 1.54) is 44.6 Å². The predicted octanol–water partition coefficient (Wildman–Crippen LogP) is 4.88. The first kappa shape index (κ1) is 20.6. The van der Waals surface area contributed by atoms with Crippen molar-refractivity contribution in [3.05, 3.63) is 27.2 Å². The minimum atomic E-state index is -0.338. The van der Waals surface area contributed by atoms with Gasteiger partial charge in [0.1, 0.15) is 0 Å². The average Bonchev–Trinajstić information content (AvgIpc) is 3.00. The zero-order valence-corrected chi connectivity index (χ0v) is 18.7. The molecule has 30 heavy (non-hydrogen) atoms. The number of carbonyl (C=O) groups is 2. The molecule has 1 atom stereocenters. The highest BCUT2D eigenvalue weighted by Gasteiger charge is 2.51. The van der Waals surface area contributed by atoms with Gasteiger partial charge in [-0.1, -0.05) is 23.2 Å². The number of nitrogens with one attached hydrogen (secondary N) is 1. The lowest BCUT2D eigenvalue weighted by Crippen LogP contribution is -2.47. The highest BCUT2D eigenvalue weighted by atomic mass is 35.5. The normalized spacial score (nSPS) is 32.5. The minimum absolute atomic E-state index is 0.0236. The van der Waals surface area contributed by atoms with Crippen LogP contribution in [0.2, 0.25) is 10.0 Å². The second-order valence-electron chi connectivity index (χ2n) is 10.2. The number of amides is 2. The van der Waals surface area contributed by atoms with Crippen molar-refractivity contribution < 1.29 is 14.7 Å². The highest BCUT2D eigenvalue weighted by Crippen LogP contribution is 2.61. The fraction of sp³-hybridized carbons (Fsp3) is 0.652. The monoisotopic (exact) mass is 450 g/mol. The van der Waals surface area contributed by atoms with E-state index in [0.29, 0.717) is 28.3 Å². The van der Waals surface area contributed by atoms with Gasteiger partial charge in [-0.15, -0.1) is 0 Å².